The third-order valence-electron chi connectivity index (χ3n) is 2.86. The van der Waals surface area contributed by atoms with Crippen LogP contribution in [0.2, 0.25) is 0 Å². The molecular formula is C15H18. The molecule has 78 valence electrons. The van der Waals surface area contributed by atoms with Gasteiger partial charge in [0.25, 0.3) is 0 Å². The van der Waals surface area contributed by atoms with Gasteiger partial charge in [-0.25, -0.2) is 0 Å². The maximum atomic E-state index is 2.30. The summed E-state index contributed by atoms with van der Waals surface area (Å²) in [4.78, 5) is 0. The quantitative estimate of drug-likeness (QED) is 0.587. The lowest BCUT2D eigenvalue weighted by Crippen LogP contribution is -2.10. The summed E-state index contributed by atoms with van der Waals surface area (Å²) in [5, 5.41) is 2.68. The van der Waals surface area contributed by atoms with Gasteiger partial charge in [-0.05, 0) is 28.7 Å². The average Bonchev–Trinajstić information content (AvgIpc) is 2.15. The molecule has 0 saturated heterocycles. The standard InChI is InChI=1S/C15H18/c1-11-5-6-13-10-14(15(2,3)4)8-7-12(13)9-11/h5-10H,1-4H3. The van der Waals surface area contributed by atoms with Crippen molar-refractivity contribution in [1.82, 2.24) is 0 Å². The lowest BCUT2D eigenvalue weighted by Gasteiger charge is -2.19. The predicted molar refractivity (Wildman–Crippen MR) is 67.4 cm³/mol. The molecule has 0 nitrogen and oxygen atoms in total. The number of benzene rings is 2. The maximum Gasteiger partial charge on any atom is -0.0132 e. The van der Waals surface area contributed by atoms with Gasteiger partial charge >= 0.3 is 0 Å². The van der Waals surface area contributed by atoms with E-state index >= 15 is 0 Å². The van der Waals surface area contributed by atoms with E-state index in [4.69, 9.17) is 0 Å². The van der Waals surface area contributed by atoms with Gasteiger partial charge in [-0.3, -0.25) is 0 Å². The van der Waals surface area contributed by atoms with E-state index in [-0.39, 0.29) is 5.41 Å². The van der Waals surface area contributed by atoms with Crippen LogP contribution in [0.4, 0.5) is 0 Å². The van der Waals surface area contributed by atoms with Crippen LogP contribution in [0.25, 0.3) is 10.8 Å². The normalized spacial score (nSPS) is 12.0. The highest BCUT2D eigenvalue weighted by Crippen LogP contribution is 2.26. The van der Waals surface area contributed by atoms with Crippen LogP contribution < -0.4 is 0 Å². The summed E-state index contributed by atoms with van der Waals surface area (Å²) in [7, 11) is 0. The Kier molecular flexibility index (Phi) is 2.30. The van der Waals surface area contributed by atoms with E-state index in [9.17, 15) is 0 Å². The molecule has 2 aromatic rings. The van der Waals surface area contributed by atoms with Crippen molar-refractivity contribution in [3.05, 3.63) is 47.5 Å². The van der Waals surface area contributed by atoms with E-state index in [1.807, 2.05) is 0 Å². The van der Waals surface area contributed by atoms with Crippen LogP contribution in [0.1, 0.15) is 31.9 Å². The smallest absolute Gasteiger partial charge is 0.0132 e. The first kappa shape index (κ1) is 10.2. The SMILES string of the molecule is Cc1ccc2cc(C(C)(C)C)ccc2c1. The summed E-state index contributed by atoms with van der Waals surface area (Å²) in [6.45, 7) is 8.89. The molecule has 0 unspecified atom stereocenters. The van der Waals surface area contributed by atoms with Gasteiger partial charge in [0.05, 0.1) is 0 Å². The summed E-state index contributed by atoms with van der Waals surface area (Å²) >= 11 is 0. The minimum atomic E-state index is 0.235. The summed E-state index contributed by atoms with van der Waals surface area (Å²) in [6.07, 6.45) is 0. The molecule has 15 heavy (non-hydrogen) atoms. The van der Waals surface area contributed by atoms with Crippen LogP contribution in [0, 0.1) is 6.92 Å². The monoisotopic (exact) mass is 198 g/mol. The Labute approximate surface area is 91.9 Å². The average molecular weight is 198 g/mol. The second-order valence-electron chi connectivity index (χ2n) is 5.32. The van der Waals surface area contributed by atoms with E-state index in [0.29, 0.717) is 0 Å². The Hall–Kier alpha value is -1.30. The number of fused-ring (bicyclic) bond motifs is 1. The molecule has 0 aliphatic rings. The molecular weight excluding hydrogens is 180 g/mol. The van der Waals surface area contributed by atoms with Gasteiger partial charge in [-0.1, -0.05) is 62.7 Å². The van der Waals surface area contributed by atoms with Crippen molar-refractivity contribution in [3.8, 4) is 0 Å². The molecule has 0 bridgehead atoms. The van der Waals surface area contributed by atoms with Crippen LogP contribution in [0.5, 0.6) is 0 Å². The first-order valence-electron chi connectivity index (χ1n) is 5.48. The van der Waals surface area contributed by atoms with Gasteiger partial charge in [0.15, 0.2) is 0 Å². The van der Waals surface area contributed by atoms with Crippen molar-refractivity contribution in [1.29, 1.82) is 0 Å². The molecule has 2 rings (SSSR count). The molecule has 0 radical (unpaired) electrons. The molecule has 0 spiro atoms. The second kappa shape index (κ2) is 3.37. The minimum absolute atomic E-state index is 0.235. The van der Waals surface area contributed by atoms with Gasteiger partial charge in [-0.15, -0.1) is 0 Å². The highest BCUT2D eigenvalue weighted by Gasteiger charge is 2.13. The van der Waals surface area contributed by atoms with Gasteiger partial charge < -0.3 is 0 Å². The van der Waals surface area contributed by atoms with Gasteiger partial charge in [-0.2, -0.15) is 0 Å². The van der Waals surface area contributed by atoms with Crippen LogP contribution in [0.15, 0.2) is 36.4 Å². The highest BCUT2D eigenvalue weighted by molar-refractivity contribution is 5.84. The summed E-state index contributed by atoms with van der Waals surface area (Å²) in [6, 6.07) is 13.4. The first-order valence-corrected chi connectivity index (χ1v) is 5.48. The Morgan fingerprint density at radius 2 is 1.40 bits per heavy atom. The van der Waals surface area contributed by atoms with E-state index in [0.717, 1.165) is 0 Å². The topological polar surface area (TPSA) is 0 Å². The molecule has 0 aromatic heterocycles. The number of rotatable bonds is 0. The zero-order valence-electron chi connectivity index (χ0n) is 9.96. The molecule has 0 fully saturated rings. The molecule has 0 aliphatic heterocycles. The molecule has 2 aromatic carbocycles. The fraction of sp³-hybridized carbons (Fsp3) is 0.333. The largest absolute Gasteiger partial charge is 0.0587 e. The summed E-state index contributed by atoms with van der Waals surface area (Å²) in [5.74, 6) is 0. The molecule has 0 heteroatoms. The number of aryl methyl sites for hydroxylation is 1. The number of hydrogen-bond acceptors (Lipinski definition) is 0. The predicted octanol–water partition coefficient (Wildman–Crippen LogP) is 4.45. The summed E-state index contributed by atoms with van der Waals surface area (Å²) < 4.78 is 0. The second-order valence-corrected chi connectivity index (χ2v) is 5.32. The van der Waals surface area contributed by atoms with E-state index in [2.05, 4.69) is 64.1 Å². The highest BCUT2D eigenvalue weighted by atomic mass is 14.2. The molecule has 0 atom stereocenters. The van der Waals surface area contributed by atoms with Crippen LogP contribution in [-0.4, -0.2) is 0 Å². The fourth-order valence-electron chi connectivity index (χ4n) is 1.83. The minimum Gasteiger partial charge on any atom is -0.0587 e. The lowest BCUT2D eigenvalue weighted by molar-refractivity contribution is 0.591. The van der Waals surface area contributed by atoms with E-state index in [1.165, 1.54) is 21.9 Å². The van der Waals surface area contributed by atoms with Crippen molar-refractivity contribution in [2.24, 2.45) is 0 Å². The summed E-state index contributed by atoms with van der Waals surface area (Å²) in [5.41, 5.74) is 2.96. The van der Waals surface area contributed by atoms with Gasteiger partial charge in [0.2, 0.25) is 0 Å². The fourth-order valence-corrected chi connectivity index (χ4v) is 1.83. The zero-order valence-corrected chi connectivity index (χ0v) is 9.96. The van der Waals surface area contributed by atoms with Crippen molar-refractivity contribution in [2.75, 3.05) is 0 Å². The Bertz CT molecular complexity index is 487. The van der Waals surface area contributed by atoms with Crippen molar-refractivity contribution in [2.45, 2.75) is 33.1 Å². The molecule has 0 saturated carbocycles. The maximum absolute atomic E-state index is 2.30. The molecule has 0 aliphatic carbocycles. The first-order chi connectivity index (χ1) is 6.97. The van der Waals surface area contributed by atoms with Crippen molar-refractivity contribution in [3.63, 3.8) is 0 Å². The van der Waals surface area contributed by atoms with Crippen LogP contribution in [0.3, 0.4) is 0 Å². The van der Waals surface area contributed by atoms with E-state index in [1.54, 1.807) is 0 Å². The third kappa shape index (κ3) is 2.04. The van der Waals surface area contributed by atoms with Crippen molar-refractivity contribution >= 4 is 10.8 Å². The Balaban J connectivity index is 2.62. The van der Waals surface area contributed by atoms with Crippen molar-refractivity contribution < 1.29 is 0 Å². The van der Waals surface area contributed by atoms with Crippen LogP contribution in [-0.2, 0) is 5.41 Å². The Morgan fingerprint density at radius 1 is 0.800 bits per heavy atom. The third-order valence-corrected chi connectivity index (χ3v) is 2.86. The van der Waals surface area contributed by atoms with Crippen LogP contribution >= 0.6 is 0 Å². The van der Waals surface area contributed by atoms with Gasteiger partial charge in [0, 0.05) is 0 Å². The molecule has 0 heterocycles. The zero-order chi connectivity index (χ0) is 11.1. The Morgan fingerprint density at radius 3 is 2.07 bits per heavy atom. The lowest BCUT2D eigenvalue weighted by atomic mass is 9.86. The molecule has 0 amide bonds. The number of hydrogen-bond donors (Lipinski definition) is 0. The molecule has 0 N–H and O–H groups in total. The van der Waals surface area contributed by atoms with E-state index < -0.39 is 0 Å². The van der Waals surface area contributed by atoms with Gasteiger partial charge in [0.1, 0.15) is 0 Å².